The zero-order valence-electron chi connectivity index (χ0n) is 9.84. The Hall–Kier alpha value is -0.980. The van der Waals surface area contributed by atoms with Gasteiger partial charge in [-0.3, -0.25) is 0 Å². The molecular weight excluding hydrogens is 172 g/mol. The van der Waals surface area contributed by atoms with Crippen LogP contribution >= 0.6 is 0 Å². The molecule has 0 atom stereocenters. The molecule has 0 spiro atoms. The van der Waals surface area contributed by atoms with E-state index in [2.05, 4.69) is 34.3 Å². The fourth-order valence-electron chi connectivity index (χ4n) is 0.836. The van der Waals surface area contributed by atoms with E-state index in [1.54, 1.807) is 6.08 Å². The number of ether oxygens (including phenoxy) is 1. The number of rotatable bonds is 6. The highest BCUT2D eigenvalue weighted by atomic mass is 16.5. The van der Waals surface area contributed by atoms with Gasteiger partial charge in [-0.2, -0.15) is 0 Å². The molecule has 0 radical (unpaired) electrons. The van der Waals surface area contributed by atoms with Crippen LogP contribution in [0.1, 0.15) is 34.1 Å². The van der Waals surface area contributed by atoms with Gasteiger partial charge in [0.2, 0.25) is 0 Å². The van der Waals surface area contributed by atoms with Crippen LogP contribution in [0.15, 0.2) is 36.1 Å². The highest BCUT2D eigenvalue weighted by Crippen LogP contribution is 2.05. The third-order valence-corrected chi connectivity index (χ3v) is 1.75. The molecule has 0 fully saturated rings. The molecular formula is C13H22O. The first kappa shape index (κ1) is 13.0. The van der Waals surface area contributed by atoms with Gasteiger partial charge in [0, 0.05) is 0 Å². The van der Waals surface area contributed by atoms with E-state index in [0.29, 0.717) is 5.92 Å². The zero-order valence-corrected chi connectivity index (χ0v) is 9.84. The predicted octanol–water partition coefficient (Wildman–Crippen LogP) is 4.09. The first-order valence-electron chi connectivity index (χ1n) is 5.16. The van der Waals surface area contributed by atoms with Crippen LogP contribution in [-0.2, 0) is 4.74 Å². The second-order valence-electron chi connectivity index (χ2n) is 4.05. The Kier molecular flexibility index (Phi) is 6.91. The van der Waals surface area contributed by atoms with Gasteiger partial charge in [0.15, 0.2) is 0 Å². The summed E-state index contributed by atoms with van der Waals surface area (Å²) >= 11 is 0. The molecule has 0 aliphatic heterocycles. The van der Waals surface area contributed by atoms with Gasteiger partial charge in [0.05, 0.1) is 6.61 Å². The lowest BCUT2D eigenvalue weighted by Crippen LogP contribution is -1.97. The smallest absolute Gasteiger partial charge is 0.118 e. The van der Waals surface area contributed by atoms with Crippen LogP contribution in [0, 0.1) is 5.92 Å². The van der Waals surface area contributed by atoms with E-state index < -0.39 is 0 Å². The second kappa shape index (κ2) is 7.43. The van der Waals surface area contributed by atoms with Gasteiger partial charge in [0.1, 0.15) is 5.76 Å². The van der Waals surface area contributed by atoms with E-state index in [4.69, 9.17) is 4.74 Å². The van der Waals surface area contributed by atoms with Crippen LogP contribution in [0.2, 0.25) is 0 Å². The Morgan fingerprint density at radius 2 is 1.93 bits per heavy atom. The Labute approximate surface area is 88.2 Å². The first-order chi connectivity index (χ1) is 6.56. The Morgan fingerprint density at radius 3 is 2.36 bits per heavy atom. The topological polar surface area (TPSA) is 9.23 Å². The average molecular weight is 194 g/mol. The average Bonchev–Trinajstić information content (AvgIpc) is 2.10. The summed E-state index contributed by atoms with van der Waals surface area (Å²) in [4.78, 5) is 0. The van der Waals surface area contributed by atoms with Crippen LogP contribution in [0.25, 0.3) is 0 Å². The Balaban J connectivity index is 3.97. The van der Waals surface area contributed by atoms with Crippen molar-refractivity contribution in [1.29, 1.82) is 0 Å². The molecule has 0 bridgehead atoms. The van der Waals surface area contributed by atoms with Crippen LogP contribution in [0.3, 0.4) is 0 Å². The summed E-state index contributed by atoms with van der Waals surface area (Å²) in [5, 5.41) is 0. The maximum Gasteiger partial charge on any atom is 0.118 e. The largest absolute Gasteiger partial charge is 0.494 e. The van der Waals surface area contributed by atoms with Crippen molar-refractivity contribution in [1.82, 2.24) is 0 Å². The van der Waals surface area contributed by atoms with Crippen molar-refractivity contribution < 1.29 is 4.74 Å². The number of allylic oxidation sites excluding steroid dienone is 4. The van der Waals surface area contributed by atoms with Crippen molar-refractivity contribution in [3.63, 3.8) is 0 Å². The zero-order chi connectivity index (χ0) is 11.0. The van der Waals surface area contributed by atoms with Gasteiger partial charge in [-0.05, 0) is 38.3 Å². The molecule has 0 aromatic heterocycles. The molecule has 1 nitrogen and oxygen atoms in total. The molecule has 0 heterocycles. The van der Waals surface area contributed by atoms with Gasteiger partial charge < -0.3 is 4.74 Å². The molecule has 0 N–H and O–H groups in total. The van der Waals surface area contributed by atoms with Gasteiger partial charge >= 0.3 is 0 Å². The third-order valence-electron chi connectivity index (χ3n) is 1.75. The van der Waals surface area contributed by atoms with Gasteiger partial charge in [-0.1, -0.05) is 32.1 Å². The molecule has 0 aliphatic rings. The summed E-state index contributed by atoms with van der Waals surface area (Å²) in [6.45, 7) is 13.0. The Morgan fingerprint density at radius 1 is 1.29 bits per heavy atom. The number of hydrogen-bond acceptors (Lipinski definition) is 1. The highest BCUT2D eigenvalue weighted by Gasteiger charge is 1.95. The van der Waals surface area contributed by atoms with E-state index in [1.807, 2.05) is 12.2 Å². The van der Waals surface area contributed by atoms with Crippen LogP contribution in [-0.4, -0.2) is 6.61 Å². The molecule has 0 aliphatic carbocycles. The van der Waals surface area contributed by atoms with Gasteiger partial charge in [0.25, 0.3) is 0 Å². The summed E-state index contributed by atoms with van der Waals surface area (Å²) in [6.07, 6.45) is 6.83. The molecule has 0 aromatic rings. The molecule has 0 aromatic carbocycles. The molecule has 0 rings (SSSR count). The molecule has 0 saturated carbocycles. The quantitative estimate of drug-likeness (QED) is 0.457. The minimum absolute atomic E-state index is 0.685. The maximum absolute atomic E-state index is 5.55. The van der Waals surface area contributed by atoms with Crippen molar-refractivity contribution in [2.24, 2.45) is 5.92 Å². The monoisotopic (exact) mass is 194 g/mol. The van der Waals surface area contributed by atoms with E-state index in [9.17, 15) is 0 Å². The van der Waals surface area contributed by atoms with E-state index in [1.165, 1.54) is 5.57 Å². The predicted molar refractivity (Wildman–Crippen MR) is 63.1 cm³/mol. The van der Waals surface area contributed by atoms with Gasteiger partial charge in [-0.15, -0.1) is 0 Å². The minimum Gasteiger partial charge on any atom is -0.494 e. The summed E-state index contributed by atoms with van der Waals surface area (Å²) in [7, 11) is 0. The molecule has 14 heavy (non-hydrogen) atoms. The van der Waals surface area contributed by atoms with Crippen LogP contribution in [0.4, 0.5) is 0 Å². The third kappa shape index (κ3) is 7.66. The van der Waals surface area contributed by atoms with E-state index >= 15 is 0 Å². The summed E-state index contributed by atoms with van der Waals surface area (Å²) in [5.74, 6) is 1.54. The lowest BCUT2D eigenvalue weighted by Gasteiger charge is -2.07. The fraction of sp³-hybridized carbons (Fsp3) is 0.538. The molecule has 80 valence electrons. The van der Waals surface area contributed by atoms with Crippen LogP contribution < -0.4 is 0 Å². The second-order valence-corrected chi connectivity index (χ2v) is 4.05. The molecule has 0 saturated heterocycles. The Bertz CT molecular complexity index is 217. The normalized spacial score (nSPS) is 11.4. The molecule has 0 amide bonds. The lowest BCUT2D eigenvalue weighted by atomic mass is 10.1. The van der Waals surface area contributed by atoms with Crippen molar-refractivity contribution in [3.8, 4) is 0 Å². The van der Waals surface area contributed by atoms with Gasteiger partial charge in [-0.25, -0.2) is 0 Å². The maximum atomic E-state index is 5.55. The van der Waals surface area contributed by atoms with Crippen LogP contribution in [0.5, 0.6) is 0 Å². The standard InChI is InChI=1S/C13H22O/c1-6-13(8-7-11(2)3)14-10-9-12(4)5/h6-8,12H,1,9-10H2,2-5H3/b13-8+. The minimum atomic E-state index is 0.685. The van der Waals surface area contributed by atoms with Crippen molar-refractivity contribution >= 4 is 0 Å². The SMILES string of the molecule is C=C/C(=C\C=C(C)C)OCCC(C)C. The van der Waals surface area contributed by atoms with Crippen molar-refractivity contribution in [3.05, 3.63) is 36.1 Å². The summed E-state index contributed by atoms with van der Waals surface area (Å²) in [6, 6.07) is 0. The summed E-state index contributed by atoms with van der Waals surface area (Å²) in [5.41, 5.74) is 1.26. The summed E-state index contributed by atoms with van der Waals surface area (Å²) < 4.78 is 5.55. The molecule has 0 unspecified atom stereocenters. The highest BCUT2D eigenvalue weighted by molar-refractivity contribution is 5.18. The number of hydrogen-bond donors (Lipinski definition) is 0. The van der Waals surface area contributed by atoms with Crippen molar-refractivity contribution in [2.75, 3.05) is 6.61 Å². The fourth-order valence-corrected chi connectivity index (χ4v) is 0.836. The first-order valence-corrected chi connectivity index (χ1v) is 5.16. The van der Waals surface area contributed by atoms with Crippen molar-refractivity contribution in [2.45, 2.75) is 34.1 Å². The van der Waals surface area contributed by atoms with E-state index in [-0.39, 0.29) is 0 Å². The van der Waals surface area contributed by atoms with E-state index in [0.717, 1.165) is 18.8 Å². The lowest BCUT2D eigenvalue weighted by molar-refractivity contribution is 0.207. The molecule has 1 heteroatoms.